The van der Waals surface area contributed by atoms with Crippen molar-refractivity contribution in [3.63, 3.8) is 0 Å². The van der Waals surface area contributed by atoms with E-state index in [0.29, 0.717) is 5.30 Å². The van der Waals surface area contributed by atoms with E-state index < -0.39 is 18.0 Å². The van der Waals surface area contributed by atoms with Gasteiger partial charge in [0.1, 0.15) is 4.90 Å². The predicted molar refractivity (Wildman–Crippen MR) is 93.8 cm³/mol. The Morgan fingerprint density at radius 3 is 1.83 bits per heavy atom. The van der Waals surface area contributed by atoms with Crippen molar-refractivity contribution in [1.29, 1.82) is 0 Å². The Bertz CT molecular complexity index is 854. The first kappa shape index (κ1) is 15.9. The Morgan fingerprint density at radius 1 is 0.826 bits per heavy atom. The van der Waals surface area contributed by atoms with Gasteiger partial charge in [-0.1, -0.05) is 72.8 Å². The molecular formula is C18H14O3PS. The van der Waals surface area contributed by atoms with E-state index in [2.05, 4.69) is 6.07 Å². The third-order valence-electron chi connectivity index (χ3n) is 3.35. The molecule has 0 spiro atoms. The van der Waals surface area contributed by atoms with E-state index in [4.69, 9.17) is 0 Å². The molecular weight excluding hydrogens is 327 g/mol. The van der Waals surface area contributed by atoms with E-state index in [1.54, 1.807) is 12.1 Å². The molecule has 23 heavy (non-hydrogen) atoms. The zero-order chi connectivity index (χ0) is 16.3. The molecule has 0 aliphatic heterocycles. The standard InChI is InChI=1S/C18H14O3PS/c19-23(20,21)18-14-8-7-13-17(18)22(15-9-3-1-4-10-15)16-11-5-2-6-12-16/h1-7,9-14H,(H,19,20,21). The lowest BCUT2D eigenvalue weighted by atomic mass is 10.3. The van der Waals surface area contributed by atoms with Crippen molar-refractivity contribution >= 4 is 34.0 Å². The van der Waals surface area contributed by atoms with Crippen molar-refractivity contribution in [3.05, 3.63) is 84.9 Å². The lowest BCUT2D eigenvalue weighted by Crippen LogP contribution is -2.24. The zero-order valence-corrected chi connectivity index (χ0v) is 13.8. The van der Waals surface area contributed by atoms with Crippen LogP contribution in [0.5, 0.6) is 0 Å². The highest BCUT2D eigenvalue weighted by Crippen LogP contribution is 2.34. The van der Waals surface area contributed by atoms with Gasteiger partial charge in [0.25, 0.3) is 10.1 Å². The molecule has 0 amide bonds. The van der Waals surface area contributed by atoms with Crippen molar-refractivity contribution in [2.75, 3.05) is 0 Å². The normalized spacial score (nSPS) is 11.6. The maximum absolute atomic E-state index is 11.8. The molecule has 3 aromatic carbocycles. The number of rotatable bonds is 4. The van der Waals surface area contributed by atoms with Gasteiger partial charge in [-0.05, 0) is 30.7 Å². The summed E-state index contributed by atoms with van der Waals surface area (Å²) in [6, 6.07) is 26.9. The average Bonchev–Trinajstić information content (AvgIpc) is 2.57. The van der Waals surface area contributed by atoms with Gasteiger partial charge in [0.15, 0.2) is 0 Å². The monoisotopic (exact) mass is 341 g/mol. The van der Waals surface area contributed by atoms with Crippen molar-refractivity contribution < 1.29 is 13.0 Å². The summed E-state index contributed by atoms with van der Waals surface area (Å²) in [4.78, 5) is -0.0844. The fourth-order valence-electron chi connectivity index (χ4n) is 2.38. The smallest absolute Gasteiger partial charge is 0.282 e. The van der Waals surface area contributed by atoms with E-state index in [0.717, 1.165) is 10.6 Å². The second-order valence-corrected chi connectivity index (χ2v) is 8.45. The Labute approximate surface area is 137 Å². The van der Waals surface area contributed by atoms with Crippen LogP contribution in [0.4, 0.5) is 0 Å². The second kappa shape index (κ2) is 6.63. The Hall–Kier alpha value is -2.00. The minimum absolute atomic E-state index is 0.0844. The summed E-state index contributed by atoms with van der Waals surface area (Å²) in [5.41, 5.74) is 0. The first-order chi connectivity index (χ1) is 11.1. The van der Waals surface area contributed by atoms with Gasteiger partial charge in [0.2, 0.25) is 0 Å². The summed E-state index contributed by atoms with van der Waals surface area (Å²) in [5.74, 6) is 0. The molecule has 115 valence electrons. The van der Waals surface area contributed by atoms with Crippen LogP contribution in [0.3, 0.4) is 0 Å². The van der Waals surface area contributed by atoms with Crippen LogP contribution >= 0.6 is 7.92 Å². The molecule has 1 radical (unpaired) electrons. The van der Waals surface area contributed by atoms with Crippen molar-refractivity contribution in [2.45, 2.75) is 4.90 Å². The molecule has 0 atom stereocenters. The van der Waals surface area contributed by atoms with E-state index in [9.17, 15) is 13.0 Å². The second-order valence-electron chi connectivity index (χ2n) is 4.88. The summed E-state index contributed by atoms with van der Waals surface area (Å²) in [5, 5.41) is 2.63. The highest BCUT2D eigenvalue weighted by Gasteiger charge is 2.24. The van der Waals surface area contributed by atoms with E-state index in [1.165, 1.54) is 6.07 Å². The maximum atomic E-state index is 11.8. The van der Waals surface area contributed by atoms with Gasteiger partial charge in [-0.2, -0.15) is 8.42 Å². The van der Waals surface area contributed by atoms with Crippen molar-refractivity contribution in [3.8, 4) is 0 Å². The Morgan fingerprint density at radius 2 is 1.35 bits per heavy atom. The van der Waals surface area contributed by atoms with Crippen molar-refractivity contribution in [2.24, 2.45) is 0 Å². The van der Waals surface area contributed by atoms with Crippen molar-refractivity contribution in [1.82, 2.24) is 0 Å². The SMILES string of the molecule is O=S(=O)(O)c1c[c]ccc1P(c1ccccc1)c1ccccc1. The highest BCUT2D eigenvalue weighted by atomic mass is 32.2. The molecule has 0 aliphatic rings. The lowest BCUT2D eigenvalue weighted by Gasteiger charge is -2.21. The lowest BCUT2D eigenvalue weighted by molar-refractivity contribution is 0.484. The van der Waals surface area contributed by atoms with Crippen LogP contribution in [-0.4, -0.2) is 13.0 Å². The first-order valence-corrected chi connectivity index (χ1v) is 9.73. The molecule has 3 aromatic rings. The number of benzene rings is 3. The molecule has 1 N–H and O–H groups in total. The largest absolute Gasteiger partial charge is 0.295 e. The van der Waals surface area contributed by atoms with Gasteiger partial charge in [0, 0.05) is 5.30 Å². The van der Waals surface area contributed by atoms with Gasteiger partial charge in [-0.25, -0.2) is 0 Å². The molecule has 0 saturated heterocycles. The Balaban J connectivity index is 2.26. The van der Waals surface area contributed by atoms with Gasteiger partial charge in [0.05, 0.1) is 0 Å². The topological polar surface area (TPSA) is 54.4 Å². The molecule has 0 unspecified atom stereocenters. The van der Waals surface area contributed by atoms with Crippen LogP contribution in [0.25, 0.3) is 0 Å². The van der Waals surface area contributed by atoms with Gasteiger partial charge in [-0.15, -0.1) is 0 Å². The summed E-state index contributed by atoms with van der Waals surface area (Å²) >= 11 is 0. The molecule has 0 heterocycles. The molecule has 3 rings (SSSR count). The predicted octanol–water partition coefficient (Wildman–Crippen LogP) is 2.49. The molecule has 5 heteroatoms. The molecule has 0 bridgehead atoms. The van der Waals surface area contributed by atoms with E-state index >= 15 is 0 Å². The molecule has 3 nitrogen and oxygen atoms in total. The fraction of sp³-hybridized carbons (Fsp3) is 0. The van der Waals surface area contributed by atoms with E-state index in [-0.39, 0.29) is 4.90 Å². The summed E-state index contributed by atoms with van der Waals surface area (Å²) in [7, 11) is -5.40. The van der Waals surface area contributed by atoms with Gasteiger partial charge < -0.3 is 0 Å². The molecule has 0 aromatic heterocycles. The minimum atomic E-state index is -4.31. The maximum Gasteiger partial charge on any atom is 0.295 e. The number of hydrogen-bond donors (Lipinski definition) is 1. The summed E-state index contributed by atoms with van der Waals surface area (Å²) in [6.07, 6.45) is 0. The minimum Gasteiger partial charge on any atom is -0.282 e. The highest BCUT2D eigenvalue weighted by molar-refractivity contribution is 7.88. The quantitative estimate of drug-likeness (QED) is 0.586. The fourth-order valence-corrected chi connectivity index (χ4v) is 5.85. The number of hydrogen-bond acceptors (Lipinski definition) is 2. The summed E-state index contributed by atoms with van der Waals surface area (Å²) in [6.45, 7) is 0. The van der Waals surface area contributed by atoms with Crippen LogP contribution in [-0.2, 0) is 10.1 Å². The van der Waals surface area contributed by atoms with E-state index in [1.807, 2.05) is 60.7 Å². The zero-order valence-electron chi connectivity index (χ0n) is 12.1. The van der Waals surface area contributed by atoms with Gasteiger partial charge in [-0.3, -0.25) is 4.55 Å². The van der Waals surface area contributed by atoms with Crippen LogP contribution in [0.2, 0.25) is 0 Å². The van der Waals surface area contributed by atoms with Crippen LogP contribution in [0, 0.1) is 6.07 Å². The van der Waals surface area contributed by atoms with Gasteiger partial charge >= 0.3 is 0 Å². The average molecular weight is 341 g/mol. The third kappa shape index (κ3) is 3.50. The molecule has 0 aliphatic carbocycles. The van der Waals surface area contributed by atoms with Crippen LogP contribution < -0.4 is 15.9 Å². The Kier molecular flexibility index (Phi) is 4.58. The molecule has 0 fully saturated rings. The third-order valence-corrected chi connectivity index (χ3v) is 6.90. The van der Waals surface area contributed by atoms with Crippen LogP contribution in [0.1, 0.15) is 0 Å². The summed E-state index contributed by atoms with van der Waals surface area (Å²) < 4.78 is 33.1. The molecule has 0 saturated carbocycles. The first-order valence-electron chi connectivity index (χ1n) is 6.95. The van der Waals surface area contributed by atoms with Crippen LogP contribution in [0.15, 0.2) is 83.8 Å².